The van der Waals surface area contributed by atoms with Gasteiger partial charge in [-0.05, 0) is 24.3 Å². The average molecular weight is 318 g/mol. The lowest BCUT2D eigenvalue weighted by Crippen LogP contribution is -2.42. The Morgan fingerprint density at radius 1 is 1.18 bits per heavy atom. The van der Waals surface area contributed by atoms with E-state index in [1.165, 1.54) is 4.90 Å². The van der Waals surface area contributed by atoms with Crippen LogP contribution < -0.4 is 15.5 Å². The van der Waals surface area contributed by atoms with Crippen molar-refractivity contribution in [3.63, 3.8) is 0 Å². The van der Waals surface area contributed by atoms with E-state index in [-0.39, 0.29) is 19.1 Å². The van der Waals surface area contributed by atoms with E-state index in [1.807, 2.05) is 12.1 Å². The van der Waals surface area contributed by atoms with Gasteiger partial charge in [0.05, 0.1) is 23.4 Å². The van der Waals surface area contributed by atoms with E-state index in [0.717, 1.165) is 5.69 Å². The van der Waals surface area contributed by atoms with Crippen LogP contribution in [0.5, 0.6) is 0 Å². The molecule has 0 bridgehead atoms. The number of amides is 2. The van der Waals surface area contributed by atoms with E-state index in [1.54, 1.807) is 17.0 Å². The minimum atomic E-state index is -0.851. The van der Waals surface area contributed by atoms with Crippen LogP contribution in [0.15, 0.2) is 24.3 Å². The van der Waals surface area contributed by atoms with Crippen LogP contribution in [-0.2, 0) is 14.3 Å². The molecule has 2 N–H and O–H groups in total. The fourth-order valence-corrected chi connectivity index (χ4v) is 2.73. The lowest BCUT2D eigenvalue weighted by atomic mass is 10.2. The highest BCUT2D eigenvalue weighted by molar-refractivity contribution is 6.18. The summed E-state index contributed by atoms with van der Waals surface area (Å²) in [7, 11) is 3.39. The van der Waals surface area contributed by atoms with Crippen molar-refractivity contribution in [1.82, 2.24) is 0 Å². The Bertz CT molecular complexity index is 594. The molecule has 7 nitrogen and oxygen atoms in total. The van der Waals surface area contributed by atoms with Crippen molar-refractivity contribution in [2.24, 2.45) is 5.73 Å². The number of cyclic esters (lactones) is 1. The third-order valence-corrected chi connectivity index (χ3v) is 4.17. The van der Waals surface area contributed by atoms with Crippen LogP contribution in [0, 0.1) is 0 Å². The van der Waals surface area contributed by atoms with E-state index in [4.69, 9.17) is 15.2 Å². The summed E-state index contributed by atoms with van der Waals surface area (Å²) in [6, 6.07) is 7.19. The zero-order chi connectivity index (χ0) is 15.7. The maximum Gasteiger partial charge on any atom is 0.414 e. The summed E-state index contributed by atoms with van der Waals surface area (Å²) in [4.78, 5) is 26.9. The molecule has 0 aromatic heterocycles. The summed E-state index contributed by atoms with van der Waals surface area (Å²) in [6.07, 6.45) is -0.448. The van der Waals surface area contributed by atoms with Gasteiger partial charge in [-0.25, -0.2) is 4.79 Å². The number of morpholine rings is 1. The quantitative estimate of drug-likeness (QED) is 0.782. The molecule has 8 heteroatoms. The zero-order valence-corrected chi connectivity index (χ0v) is 12.9. The van der Waals surface area contributed by atoms with Crippen LogP contribution >= 0.6 is 0 Å². The van der Waals surface area contributed by atoms with Crippen LogP contribution in [0.2, 0.25) is 0 Å². The summed E-state index contributed by atoms with van der Waals surface area (Å²) < 4.78 is 10.3. The number of benzene rings is 1. The molecule has 0 saturated carbocycles. The van der Waals surface area contributed by atoms with Gasteiger partial charge in [0, 0.05) is 24.5 Å². The normalized spacial score (nSPS) is 25.5. The standard InChI is InChI=1S/C14H16N3O4Si/c15-8-14(22)9-17(13(19)21-14)11-3-1-10(2-4-11)16-5-6-20-7-12(16)18/h1-4H,5-9,15H2/t14-/m1/s1. The van der Waals surface area contributed by atoms with E-state index in [0.29, 0.717) is 25.4 Å². The molecule has 2 fully saturated rings. The molecule has 1 aromatic rings. The Kier molecular flexibility index (Phi) is 3.90. The summed E-state index contributed by atoms with van der Waals surface area (Å²) >= 11 is 0. The van der Waals surface area contributed by atoms with Crippen molar-refractivity contribution in [1.29, 1.82) is 0 Å². The largest absolute Gasteiger partial charge is 0.444 e. The first-order valence-electron chi connectivity index (χ1n) is 6.96. The SMILES string of the molecule is NC[C@@]1([Si])CN(c2ccc(N3CCOCC3=O)cc2)C(=O)O1. The predicted molar refractivity (Wildman–Crippen MR) is 81.0 cm³/mol. The molecule has 115 valence electrons. The second kappa shape index (κ2) is 5.71. The van der Waals surface area contributed by atoms with Crippen molar-refractivity contribution >= 4 is 33.6 Å². The molecule has 1 aromatic carbocycles. The van der Waals surface area contributed by atoms with E-state index < -0.39 is 11.3 Å². The Morgan fingerprint density at radius 2 is 1.82 bits per heavy atom. The van der Waals surface area contributed by atoms with Gasteiger partial charge in [0.15, 0.2) is 0 Å². The van der Waals surface area contributed by atoms with Crippen LogP contribution in [0.1, 0.15) is 0 Å². The van der Waals surface area contributed by atoms with Gasteiger partial charge in [0.25, 0.3) is 5.91 Å². The lowest BCUT2D eigenvalue weighted by Gasteiger charge is -2.27. The number of nitrogens with zero attached hydrogens (tertiary/aromatic N) is 2. The summed E-state index contributed by atoms with van der Waals surface area (Å²) in [5.74, 6) is -0.0677. The van der Waals surface area contributed by atoms with Crippen molar-refractivity contribution in [2.75, 3.05) is 42.6 Å². The first-order chi connectivity index (χ1) is 10.5. The highest BCUT2D eigenvalue weighted by Crippen LogP contribution is 2.28. The molecule has 1 atom stereocenters. The molecule has 2 amide bonds. The van der Waals surface area contributed by atoms with Gasteiger partial charge < -0.3 is 20.1 Å². The lowest BCUT2D eigenvalue weighted by molar-refractivity contribution is -0.125. The molecule has 3 rings (SSSR count). The molecular formula is C14H16N3O4Si. The van der Waals surface area contributed by atoms with Crippen molar-refractivity contribution < 1.29 is 19.1 Å². The van der Waals surface area contributed by atoms with Gasteiger partial charge in [0.1, 0.15) is 11.8 Å². The molecule has 2 saturated heterocycles. The van der Waals surface area contributed by atoms with Gasteiger partial charge in [-0.1, -0.05) is 0 Å². The van der Waals surface area contributed by atoms with E-state index in [9.17, 15) is 9.59 Å². The number of carbonyl (C=O) groups excluding carboxylic acids is 2. The minimum Gasteiger partial charge on any atom is -0.444 e. The number of carbonyl (C=O) groups is 2. The maximum atomic E-state index is 11.9. The van der Waals surface area contributed by atoms with Gasteiger partial charge in [0.2, 0.25) is 0 Å². The highest BCUT2D eigenvalue weighted by atomic mass is 28.1. The molecule has 0 unspecified atom stereocenters. The van der Waals surface area contributed by atoms with Crippen LogP contribution in [0.4, 0.5) is 16.2 Å². The van der Waals surface area contributed by atoms with Crippen LogP contribution in [-0.4, -0.2) is 60.3 Å². The number of rotatable bonds is 3. The third kappa shape index (κ3) is 2.72. The highest BCUT2D eigenvalue weighted by Gasteiger charge is 2.41. The number of hydrogen-bond donors (Lipinski definition) is 1. The van der Waals surface area contributed by atoms with Gasteiger partial charge in [-0.15, -0.1) is 0 Å². The maximum absolute atomic E-state index is 11.9. The third-order valence-electron chi connectivity index (χ3n) is 3.71. The van der Waals surface area contributed by atoms with Gasteiger partial charge >= 0.3 is 6.09 Å². The second-order valence-electron chi connectivity index (χ2n) is 5.27. The monoisotopic (exact) mass is 318 g/mol. The number of hydrogen-bond acceptors (Lipinski definition) is 5. The Labute approximate surface area is 131 Å². The smallest absolute Gasteiger partial charge is 0.414 e. The number of ether oxygens (including phenoxy) is 2. The Hall–Kier alpha value is -1.90. The number of nitrogens with two attached hydrogens (primary N) is 1. The summed E-state index contributed by atoms with van der Waals surface area (Å²) in [5, 5.41) is -0.851. The van der Waals surface area contributed by atoms with Crippen molar-refractivity contribution in [2.45, 2.75) is 5.22 Å². The molecule has 3 radical (unpaired) electrons. The molecule has 22 heavy (non-hydrogen) atoms. The average Bonchev–Trinajstić information content (AvgIpc) is 2.84. The zero-order valence-electron chi connectivity index (χ0n) is 11.9. The summed E-state index contributed by atoms with van der Waals surface area (Å²) in [5.41, 5.74) is 7.08. The predicted octanol–water partition coefficient (Wildman–Crippen LogP) is -0.170. The molecule has 0 aliphatic carbocycles. The molecular weight excluding hydrogens is 302 g/mol. The molecule has 0 spiro atoms. The first-order valence-corrected chi connectivity index (χ1v) is 7.46. The van der Waals surface area contributed by atoms with Crippen molar-refractivity contribution in [3.05, 3.63) is 24.3 Å². The Balaban J connectivity index is 1.77. The molecule has 2 heterocycles. The van der Waals surface area contributed by atoms with Crippen LogP contribution in [0.25, 0.3) is 0 Å². The topological polar surface area (TPSA) is 85.1 Å². The Morgan fingerprint density at radius 3 is 2.36 bits per heavy atom. The van der Waals surface area contributed by atoms with Crippen LogP contribution in [0.3, 0.4) is 0 Å². The number of anilines is 2. The first kappa shape index (κ1) is 15.0. The fraction of sp³-hybridized carbons (Fsp3) is 0.429. The second-order valence-corrected chi connectivity index (χ2v) is 6.18. The molecule has 2 aliphatic heterocycles. The minimum absolute atomic E-state index is 0.0677. The van der Waals surface area contributed by atoms with Crippen molar-refractivity contribution in [3.8, 4) is 0 Å². The fourth-order valence-electron chi connectivity index (χ4n) is 2.48. The summed E-state index contributed by atoms with van der Waals surface area (Å²) in [6.45, 7) is 1.67. The molecule has 2 aliphatic rings. The van der Waals surface area contributed by atoms with E-state index in [2.05, 4.69) is 10.2 Å². The van der Waals surface area contributed by atoms with Gasteiger partial charge in [-0.3, -0.25) is 9.69 Å². The van der Waals surface area contributed by atoms with E-state index >= 15 is 0 Å². The van der Waals surface area contributed by atoms with Gasteiger partial charge in [-0.2, -0.15) is 0 Å².